The molecule has 0 atom stereocenters. The molecule has 2 aromatic heterocycles. The van der Waals surface area contributed by atoms with Crippen LogP contribution in [-0.4, -0.2) is 34.8 Å². The number of hydrogen-bond donors (Lipinski definition) is 2. The topological polar surface area (TPSA) is 89.3 Å². The zero-order valence-electron chi connectivity index (χ0n) is 12.9. The lowest BCUT2D eigenvalue weighted by atomic mass is 10.2. The van der Waals surface area contributed by atoms with Crippen LogP contribution in [0.5, 0.6) is 0 Å². The average molecular weight is 304 g/mol. The highest BCUT2D eigenvalue weighted by molar-refractivity contribution is 5.67. The van der Waals surface area contributed by atoms with Gasteiger partial charge in [0, 0.05) is 19.3 Å². The van der Waals surface area contributed by atoms with E-state index in [9.17, 15) is 4.79 Å². The van der Waals surface area contributed by atoms with Gasteiger partial charge in [-0.25, -0.2) is 14.8 Å². The second-order valence-electron chi connectivity index (χ2n) is 5.60. The predicted molar refractivity (Wildman–Crippen MR) is 82.5 cm³/mol. The Balaban J connectivity index is 1.78. The molecule has 7 nitrogen and oxygen atoms in total. The van der Waals surface area contributed by atoms with E-state index in [4.69, 9.17) is 9.15 Å². The summed E-state index contributed by atoms with van der Waals surface area (Å²) in [5.74, 6) is 1.15. The molecule has 0 fully saturated rings. The van der Waals surface area contributed by atoms with Crippen LogP contribution in [0.3, 0.4) is 0 Å². The summed E-state index contributed by atoms with van der Waals surface area (Å²) in [5.41, 5.74) is 0.195. The number of ether oxygens (including phenoxy) is 1. The van der Waals surface area contributed by atoms with Crippen LogP contribution in [0, 0.1) is 0 Å². The number of nitrogens with zero attached hydrogens (tertiary/aromatic N) is 2. The summed E-state index contributed by atoms with van der Waals surface area (Å²) in [6.07, 6.45) is 2.80. The van der Waals surface area contributed by atoms with Crippen molar-refractivity contribution in [2.24, 2.45) is 0 Å². The quantitative estimate of drug-likeness (QED) is 0.825. The maximum atomic E-state index is 11.5. The molecule has 2 N–H and O–H groups in total. The molecule has 0 aliphatic heterocycles. The van der Waals surface area contributed by atoms with E-state index in [0.29, 0.717) is 30.5 Å². The molecule has 0 aliphatic rings. The van der Waals surface area contributed by atoms with Crippen LogP contribution in [0.1, 0.15) is 20.8 Å². The first-order valence-electron chi connectivity index (χ1n) is 7.02. The fourth-order valence-corrected chi connectivity index (χ4v) is 1.66. The van der Waals surface area contributed by atoms with E-state index in [0.717, 1.165) is 0 Å². The number of furan rings is 1. The highest BCUT2D eigenvalue weighted by Gasteiger charge is 2.15. The van der Waals surface area contributed by atoms with Crippen molar-refractivity contribution in [2.45, 2.75) is 26.4 Å². The van der Waals surface area contributed by atoms with Crippen molar-refractivity contribution in [3.63, 3.8) is 0 Å². The fraction of sp³-hybridized carbons (Fsp3) is 0.400. The summed E-state index contributed by atoms with van der Waals surface area (Å²) in [6.45, 7) is 6.35. The zero-order chi connectivity index (χ0) is 16.0. The van der Waals surface area contributed by atoms with Crippen LogP contribution in [0.2, 0.25) is 0 Å². The van der Waals surface area contributed by atoms with Gasteiger partial charge in [-0.15, -0.1) is 0 Å². The summed E-state index contributed by atoms with van der Waals surface area (Å²) < 4.78 is 10.4. The standard InChI is InChI=1S/C15H20N4O3/c1-15(2,3)22-14(20)18-9-8-17-13-16-7-6-11(19-13)12-5-4-10-21-12/h4-7,10H,8-9H2,1-3H3,(H,18,20)(H,16,17,19). The molecular weight excluding hydrogens is 284 g/mol. The number of aromatic nitrogens is 2. The van der Waals surface area contributed by atoms with Gasteiger partial charge in [-0.05, 0) is 39.0 Å². The van der Waals surface area contributed by atoms with E-state index in [-0.39, 0.29) is 0 Å². The summed E-state index contributed by atoms with van der Waals surface area (Å²) in [5, 5.41) is 5.68. The lowest BCUT2D eigenvalue weighted by Gasteiger charge is -2.19. The Morgan fingerprint density at radius 2 is 2.14 bits per heavy atom. The van der Waals surface area contributed by atoms with E-state index in [1.165, 1.54) is 0 Å². The fourth-order valence-electron chi connectivity index (χ4n) is 1.66. The number of carbonyl (C=O) groups excluding carboxylic acids is 1. The van der Waals surface area contributed by atoms with Gasteiger partial charge in [-0.3, -0.25) is 0 Å². The molecule has 0 radical (unpaired) electrons. The molecule has 0 bridgehead atoms. The number of anilines is 1. The normalized spacial score (nSPS) is 11.0. The SMILES string of the molecule is CC(C)(C)OC(=O)NCCNc1nccc(-c2ccco2)n1. The molecule has 2 heterocycles. The van der Waals surface area contributed by atoms with Gasteiger partial charge in [-0.2, -0.15) is 0 Å². The zero-order valence-corrected chi connectivity index (χ0v) is 12.9. The number of alkyl carbamates (subject to hydrolysis) is 1. The van der Waals surface area contributed by atoms with Gasteiger partial charge >= 0.3 is 6.09 Å². The van der Waals surface area contributed by atoms with Gasteiger partial charge in [0.2, 0.25) is 5.95 Å². The Morgan fingerprint density at radius 1 is 1.32 bits per heavy atom. The molecule has 0 saturated heterocycles. The third-order valence-corrected chi connectivity index (χ3v) is 2.51. The second kappa shape index (κ2) is 6.93. The first-order chi connectivity index (χ1) is 10.4. The van der Waals surface area contributed by atoms with Gasteiger partial charge in [0.05, 0.1) is 6.26 Å². The molecule has 0 aromatic carbocycles. The van der Waals surface area contributed by atoms with Gasteiger partial charge < -0.3 is 19.8 Å². The number of carbonyl (C=O) groups is 1. The minimum atomic E-state index is -0.502. The number of rotatable bonds is 5. The van der Waals surface area contributed by atoms with Crippen molar-refractivity contribution in [3.8, 4) is 11.5 Å². The van der Waals surface area contributed by atoms with Gasteiger partial charge in [0.15, 0.2) is 5.76 Å². The van der Waals surface area contributed by atoms with Crippen molar-refractivity contribution in [3.05, 3.63) is 30.7 Å². The Hall–Kier alpha value is -2.57. The molecule has 1 amide bonds. The summed E-state index contributed by atoms with van der Waals surface area (Å²) in [6, 6.07) is 5.40. The Bertz CT molecular complexity index is 606. The van der Waals surface area contributed by atoms with Crippen molar-refractivity contribution in [1.82, 2.24) is 15.3 Å². The highest BCUT2D eigenvalue weighted by Crippen LogP contribution is 2.17. The predicted octanol–water partition coefficient (Wildman–Crippen LogP) is 2.67. The molecule has 0 unspecified atom stereocenters. The average Bonchev–Trinajstić information content (AvgIpc) is 2.96. The Kier molecular flexibility index (Phi) is 4.98. The maximum Gasteiger partial charge on any atom is 0.407 e. The molecule has 0 aliphatic carbocycles. The molecule has 0 saturated carbocycles. The first-order valence-corrected chi connectivity index (χ1v) is 7.02. The maximum absolute atomic E-state index is 11.5. The van der Waals surface area contributed by atoms with Crippen LogP contribution in [-0.2, 0) is 4.74 Å². The van der Waals surface area contributed by atoms with Crippen LogP contribution < -0.4 is 10.6 Å². The van der Waals surface area contributed by atoms with Gasteiger partial charge in [0.1, 0.15) is 11.3 Å². The molecule has 22 heavy (non-hydrogen) atoms. The van der Waals surface area contributed by atoms with Crippen molar-refractivity contribution in [1.29, 1.82) is 0 Å². The summed E-state index contributed by atoms with van der Waals surface area (Å²) in [4.78, 5) is 19.9. The van der Waals surface area contributed by atoms with E-state index in [2.05, 4.69) is 20.6 Å². The molecular formula is C15H20N4O3. The minimum Gasteiger partial charge on any atom is -0.463 e. The van der Waals surface area contributed by atoms with Crippen molar-refractivity contribution >= 4 is 12.0 Å². The molecule has 2 rings (SSSR count). The Morgan fingerprint density at radius 3 is 2.82 bits per heavy atom. The summed E-state index contributed by atoms with van der Waals surface area (Å²) in [7, 11) is 0. The van der Waals surface area contributed by atoms with E-state index >= 15 is 0 Å². The third kappa shape index (κ3) is 5.08. The lowest BCUT2D eigenvalue weighted by molar-refractivity contribution is 0.0530. The smallest absolute Gasteiger partial charge is 0.407 e. The first kappa shape index (κ1) is 15.8. The number of nitrogens with one attached hydrogen (secondary N) is 2. The largest absolute Gasteiger partial charge is 0.463 e. The van der Waals surface area contributed by atoms with Gasteiger partial charge in [-0.1, -0.05) is 0 Å². The molecule has 7 heteroatoms. The molecule has 118 valence electrons. The van der Waals surface area contributed by atoms with Crippen molar-refractivity contribution < 1.29 is 13.9 Å². The van der Waals surface area contributed by atoms with Crippen LogP contribution in [0.4, 0.5) is 10.7 Å². The minimum absolute atomic E-state index is 0.406. The highest BCUT2D eigenvalue weighted by atomic mass is 16.6. The van der Waals surface area contributed by atoms with E-state index in [1.807, 2.05) is 26.8 Å². The van der Waals surface area contributed by atoms with Crippen LogP contribution in [0.15, 0.2) is 35.1 Å². The lowest BCUT2D eigenvalue weighted by Crippen LogP contribution is -2.35. The van der Waals surface area contributed by atoms with Gasteiger partial charge in [0.25, 0.3) is 0 Å². The van der Waals surface area contributed by atoms with Crippen LogP contribution >= 0.6 is 0 Å². The Labute approximate surface area is 129 Å². The summed E-state index contributed by atoms with van der Waals surface area (Å²) >= 11 is 0. The van der Waals surface area contributed by atoms with E-state index < -0.39 is 11.7 Å². The van der Waals surface area contributed by atoms with Crippen LogP contribution in [0.25, 0.3) is 11.5 Å². The third-order valence-electron chi connectivity index (χ3n) is 2.51. The number of amides is 1. The monoisotopic (exact) mass is 304 g/mol. The number of hydrogen-bond acceptors (Lipinski definition) is 6. The van der Waals surface area contributed by atoms with Crippen molar-refractivity contribution in [2.75, 3.05) is 18.4 Å². The van der Waals surface area contributed by atoms with E-state index in [1.54, 1.807) is 24.6 Å². The molecule has 0 spiro atoms. The molecule has 2 aromatic rings. The second-order valence-corrected chi connectivity index (χ2v) is 5.60.